The predicted octanol–water partition coefficient (Wildman–Crippen LogP) is 4.36. The van der Waals surface area contributed by atoms with E-state index < -0.39 is 0 Å². The third kappa shape index (κ3) is 3.67. The van der Waals surface area contributed by atoms with Crippen molar-refractivity contribution in [3.63, 3.8) is 0 Å². The van der Waals surface area contributed by atoms with Gasteiger partial charge in [-0.2, -0.15) is 0 Å². The van der Waals surface area contributed by atoms with E-state index in [4.69, 9.17) is 4.74 Å². The van der Waals surface area contributed by atoms with E-state index in [0.717, 1.165) is 38.4 Å². The zero-order chi connectivity index (χ0) is 17.9. The summed E-state index contributed by atoms with van der Waals surface area (Å²) < 4.78 is 5.90. The highest BCUT2D eigenvalue weighted by molar-refractivity contribution is 5.87. The first-order chi connectivity index (χ1) is 12.7. The number of ether oxygens (including phenoxy) is 1. The van der Waals surface area contributed by atoms with E-state index in [1.807, 2.05) is 12.3 Å². The van der Waals surface area contributed by atoms with Crippen LogP contribution in [-0.2, 0) is 17.8 Å². The SMILES string of the molecule is Cc1[nH]c2c(CN(Cc3ccccn3)CC3CCCO3)cccc2c1C. The Morgan fingerprint density at radius 1 is 1.15 bits per heavy atom. The van der Waals surface area contributed by atoms with Crippen LogP contribution in [-0.4, -0.2) is 34.1 Å². The van der Waals surface area contributed by atoms with E-state index in [1.165, 1.54) is 34.1 Å². The van der Waals surface area contributed by atoms with Crippen molar-refractivity contribution in [1.29, 1.82) is 0 Å². The average Bonchev–Trinajstić information content (AvgIpc) is 3.25. The highest BCUT2D eigenvalue weighted by atomic mass is 16.5. The number of hydrogen-bond donors (Lipinski definition) is 1. The van der Waals surface area contributed by atoms with Gasteiger partial charge in [-0.05, 0) is 49.9 Å². The summed E-state index contributed by atoms with van der Waals surface area (Å²) >= 11 is 0. The maximum absolute atomic E-state index is 5.90. The minimum Gasteiger partial charge on any atom is -0.377 e. The molecule has 3 aromatic rings. The van der Waals surface area contributed by atoms with Crippen molar-refractivity contribution < 1.29 is 4.74 Å². The van der Waals surface area contributed by atoms with Crippen molar-refractivity contribution in [2.45, 2.75) is 45.9 Å². The van der Waals surface area contributed by atoms with Crippen LogP contribution in [0, 0.1) is 13.8 Å². The van der Waals surface area contributed by atoms with E-state index in [9.17, 15) is 0 Å². The predicted molar refractivity (Wildman–Crippen MR) is 105 cm³/mol. The van der Waals surface area contributed by atoms with Gasteiger partial charge in [-0.15, -0.1) is 0 Å². The molecule has 1 fully saturated rings. The Kier molecular flexibility index (Phi) is 5.05. The highest BCUT2D eigenvalue weighted by Gasteiger charge is 2.21. The molecule has 1 unspecified atom stereocenters. The molecular formula is C22H27N3O. The number of rotatable bonds is 6. The Balaban J connectivity index is 1.60. The summed E-state index contributed by atoms with van der Waals surface area (Å²) in [5.74, 6) is 0. The Morgan fingerprint density at radius 2 is 2.08 bits per heavy atom. The monoisotopic (exact) mass is 349 g/mol. The molecule has 0 saturated carbocycles. The molecule has 4 rings (SSSR count). The fraction of sp³-hybridized carbons (Fsp3) is 0.409. The lowest BCUT2D eigenvalue weighted by atomic mass is 10.1. The molecule has 3 heterocycles. The van der Waals surface area contributed by atoms with Gasteiger partial charge in [-0.1, -0.05) is 24.3 Å². The summed E-state index contributed by atoms with van der Waals surface area (Å²) in [6.45, 7) is 7.92. The number of hydrogen-bond acceptors (Lipinski definition) is 3. The molecule has 4 nitrogen and oxygen atoms in total. The second kappa shape index (κ2) is 7.60. The lowest BCUT2D eigenvalue weighted by Crippen LogP contribution is -2.31. The fourth-order valence-electron chi connectivity index (χ4n) is 3.90. The van der Waals surface area contributed by atoms with Gasteiger partial charge >= 0.3 is 0 Å². The Labute approximate surface area is 155 Å². The molecule has 0 bridgehead atoms. The Hall–Kier alpha value is -2.17. The van der Waals surface area contributed by atoms with Gasteiger partial charge in [0.15, 0.2) is 0 Å². The van der Waals surface area contributed by atoms with Crippen LogP contribution in [0.25, 0.3) is 10.9 Å². The average molecular weight is 349 g/mol. The number of nitrogens with zero attached hydrogens (tertiary/aromatic N) is 2. The molecule has 1 aliphatic rings. The Morgan fingerprint density at radius 3 is 2.85 bits per heavy atom. The number of pyridine rings is 1. The molecule has 1 atom stereocenters. The number of fused-ring (bicyclic) bond motifs is 1. The number of nitrogens with one attached hydrogen (secondary N) is 1. The third-order valence-corrected chi connectivity index (χ3v) is 5.42. The molecule has 0 amide bonds. The van der Waals surface area contributed by atoms with Crippen LogP contribution in [0.1, 0.15) is 35.4 Å². The van der Waals surface area contributed by atoms with Crippen molar-refractivity contribution in [2.24, 2.45) is 0 Å². The van der Waals surface area contributed by atoms with Crippen LogP contribution in [0.2, 0.25) is 0 Å². The second-order valence-corrected chi connectivity index (χ2v) is 7.34. The molecule has 1 saturated heterocycles. The van der Waals surface area contributed by atoms with Gasteiger partial charge in [-0.3, -0.25) is 9.88 Å². The van der Waals surface area contributed by atoms with Crippen LogP contribution in [0.15, 0.2) is 42.6 Å². The molecule has 1 aliphatic heterocycles. The summed E-state index contributed by atoms with van der Waals surface area (Å²) in [5, 5.41) is 1.33. The van der Waals surface area contributed by atoms with Crippen LogP contribution in [0.5, 0.6) is 0 Å². The maximum Gasteiger partial charge on any atom is 0.0703 e. The topological polar surface area (TPSA) is 41.2 Å². The van der Waals surface area contributed by atoms with Crippen LogP contribution >= 0.6 is 0 Å². The third-order valence-electron chi connectivity index (χ3n) is 5.42. The zero-order valence-electron chi connectivity index (χ0n) is 15.7. The van der Waals surface area contributed by atoms with Gasteiger partial charge in [0.2, 0.25) is 0 Å². The second-order valence-electron chi connectivity index (χ2n) is 7.34. The molecule has 1 N–H and O–H groups in total. The van der Waals surface area contributed by atoms with Crippen LogP contribution in [0.4, 0.5) is 0 Å². The lowest BCUT2D eigenvalue weighted by Gasteiger charge is -2.25. The molecule has 26 heavy (non-hydrogen) atoms. The van der Waals surface area contributed by atoms with Crippen molar-refractivity contribution in [2.75, 3.05) is 13.2 Å². The van der Waals surface area contributed by atoms with Crippen LogP contribution < -0.4 is 0 Å². The summed E-state index contributed by atoms with van der Waals surface area (Å²) in [5.41, 5.74) is 6.31. The first-order valence-electron chi connectivity index (χ1n) is 9.51. The number of aromatic amines is 1. The highest BCUT2D eigenvalue weighted by Crippen LogP contribution is 2.26. The molecule has 0 spiro atoms. The molecule has 0 aliphatic carbocycles. The lowest BCUT2D eigenvalue weighted by molar-refractivity contribution is 0.0676. The number of aromatic nitrogens is 2. The number of H-pyrrole nitrogens is 1. The minimum atomic E-state index is 0.338. The zero-order valence-corrected chi connectivity index (χ0v) is 15.7. The molecule has 0 radical (unpaired) electrons. The van der Waals surface area contributed by atoms with Gasteiger partial charge in [-0.25, -0.2) is 0 Å². The molecular weight excluding hydrogens is 322 g/mol. The van der Waals surface area contributed by atoms with E-state index in [2.05, 4.69) is 59.0 Å². The van der Waals surface area contributed by atoms with Crippen molar-refractivity contribution in [3.8, 4) is 0 Å². The van der Waals surface area contributed by atoms with Gasteiger partial charge < -0.3 is 9.72 Å². The minimum absolute atomic E-state index is 0.338. The van der Waals surface area contributed by atoms with Crippen LogP contribution in [0.3, 0.4) is 0 Å². The molecule has 136 valence electrons. The summed E-state index contributed by atoms with van der Waals surface area (Å²) in [4.78, 5) is 10.6. The Bertz CT molecular complexity index is 866. The largest absolute Gasteiger partial charge is 0.377 e. The van der Waals surface area contributed by atoms with Gasteiger partial charge in [0.1, 0.15) is 0 Å². The fourth-order valence-corrected chi connectivity index (χ4v) is 3.90. The summed E-state index contributed by atoms with van der Waals surface area (Å²) in [7, 11) is 0. The van der Waals surface area contributed by atoms with E-state index in [1.54, 1.807) is 0 Å². The number of para-hydroxylation sites is 1. The first kappa shape index (κ1) is 17.3. The van der Waals surface area contributed by atoms with Gasteiger partial charge in [0.05, 0.1) is 17.3 Å². The van der Waals surface area contributed by atoms with E-state index in [0.29, 0.717) is 6.10 Å². The maximum atomic E-state index is 5.90. The molecule has 2 aromatic heterocycles. The van der Waals surface area contributed by atoms with Crippen molar-refractivity contribution in [3.05, 3.63) is 65.1 Å². The van der Waals surface area contributed by atoms with Crippen molar-refractivity contribution in [1.82, 2.24) is 14.9 Å². The first-order valence-corrected chi connectivity index (χ1v) is 9.51. The smallest absolute Gasteiger partial charge is 0.0703 e. The van der Waals surface area contributed by atoms with E-state index >= 15 is 0 Å². The summed E-state index contributed by atoms with van der Waals surface area (Å²) in [6.07, 6.45) is 4.54. The number of aryl methyl sites for hydroxylation is 2. The quantitative estimate of drug-likeness (QED) is 0.719. The standard InChI is InChI=1S/C22H27N3O/c1-16-17(2)24-22-18(7-5-10-21(16)22)13-25(15-20-9-6-12-26-20)14-19-8-3-4-11-23-19/h3-5,7-8,10-11,20,24H,6,9,12-15H2,1-2H3. The molecule has 1 aromatic carbocycles. The van der Waals surface area contributed by atoms with Gasteiger partial charge in [0.25, 0.3) is 0 Å². The normalized spacial score (nSPS) is 17.4. The van der Waals surface area contributed by atoms with Crippen molar-refractivity contribution >= 4 is 10.9 Å². The van der Waals surface area contributed by atoms with Gasteiger partial charge in [0, 0.05) is 43.5 Å². The van der Waals surface area contributed by atoms with E-state index in [-0.39, 0.29) is 0 Å². The molecule has 4 heteroatoms. The summed E-state index contributed by atoms with van der Waals surface area (Å²) in [6, 6.07) is 12.7. The number of benzene rings is 1.